The minimum absolute atomic E-state index is 0.0304. The molecule has 3 amide bonds. The van der Waals surface area contributed by atoms with Gasteiger partial charge in [-0.1, -0.05) is 24.3 Å². The van der Waals surface area contributed by atoms with Crippen LogP contribution >= 0.6 is 11.3 Å². The van der Waals surface area contributed by atoms with Crippen LogP contribution in [0.5, 0.6) is 11.5 Å². The molecule has 1 aromatic heterocycles. The van der Waals surface area contributed by atoms with Crippen LogP contribution < -0.4 is 20.3 Å². The van der Waals surface area contributed by atoms with E-state index in [1.165, 1.54) is 11.3 Å². The third-order valence-electron chi connectivity index (χ3n) is 7.00. The third-order valence-corrected chi connectivity index (χ3v) is 8.15. The molecule has 4 aromatic rings. The summed E-state index contributed by atoms with van der Waals surface area (Å²) in [5.74, 6) is 1.25. The molecule has 3 aromatic carbocycles. The van der Waals surface area contributed by atoms with E-state index in [-0.39, 0.29) is 24.1 Å². The molecule has 0 bridgehead atoms. The fourth-order valence-corrected chi connectivity index (χ4v) is 6.23. The number of para-hydroxylation sites is 1. The first kappa shape index (κ1) is 23.5. The third kappa shape index (κ3) is 4.43. The standard InChI is InChI=1S/C29H27N3O4S/c1-17-16-21(36-20-6-3-2-4-7-20)14-15-22(17)32-23-8-5-9-24-25(23)26(31-29(32)35)27(37-24)28(34)30-18-10-12-19(33)13-11-18/h2-9,14-16,18-19,33H,10-13H2,1H3,(H,30,34)(H,31,35). The molecule has 3 N–H and O–H groups in total. The van der Waals surface area contributed by atoms with Gasteiger partial charge in [-0.25, -0.2) is 4.79 Å². The number of hydrogen-bond donors (Lipinski definition) is 3. The second-order valence-electron chi connectivity index (χ2n) is 9.56. The van der Waals surface area contributed by atoms with Crippen LogP contribution in [0.15, 0.2) is 66.7 Å². The first-order chi connectivity index (χ1) is 18.0. The van der Waals surface area contributed by atoms with Gasteiger partial charge in [0.15, 0.2) is 0 Å². The van der Waals surface area contributed by atoms with E-state index in [0.717, 1.165) is 45.6 Å². The van der Waals surface area contributed by atoms with Crippen LogP contribution in [0.2, 0.25) is 0 Å². The lowest BCUT2D eigenvalue weighted by Crippen LogP contribution is -2.39. The second-order valence-corrected chi connectivity index (χ2v) is 10.6. The predicted molar refractivity (Wildman–Crippen MR) is 146 cm³/mol. The van der Waals surface area contributed by atoms with Crippen molar-refractivity contribution in [1.82, 2.24) is 5.32 Å². The highest BCUT2D eigenvalue weighted by Crippen LogP contribution is 2.47. The quantitative estimate of drug-likeness (QED) is 0.276. The molecular weight excluding hydrogens is 486 g/mol. The lowest BCUT2D eigenvalue weighted by molar-refractivity contribution is 0.0872. The number of aliphatic hydroxyl groups excluding tert-OH is 1. The smallest absolute Gasteiger partial charge is 0.331 e. The molecule has 6 rings (SSSR count). The topological polar surface area (TPSA) is 90.9 Å². The maximum Gasteiger partial charge on any atom is 0.331 e. The molecule has 0 radical (unpaired) electrons. The Balaban J connectivity index is 1.32. The zero-order valence-corrected chi connectivity index (χ0v) is 21.2. The molecule has 2 heterocycles. The van der Waals surface area contributed by atoms with E-state index in [2.05, 4.69) is 10.6 Å². The number of anilines is 3. The summed E-state index contributed by atoms with van der Waals surface area (Å²) in [6.45, 7) is 1.95. The summed E-state index contributed by atoms with van der Waals surface area (Å²) >= 11 is 1.38. The Morgan fingerprint density at radius 1 is 1.00 bits per heavy atom. The molecule has 2 aliphatic rings. The molecule has 1 aliphatic carbocycles. The van der Waals surface area contributed by atoms with Gasteiger partial charge in [0, 0.05) is 16.1 Å². The largest absolute Gasteiger partial charge is 0.457 e. The van der Waals surface area contributed by atoms with E-state index in [1.54, 1.807) is 4.90 Å². The van der Waals surface area contributed by atoms with Crippen molar-refractivity contribution >= 4 is 50.4 Å². The number of nitrogens with zero attached hydrogens (tertiary/aromatic N) is 1. The van der Waals surface area contributed by atoms with Crippen molar-refractivity contribution < 1.29 is 19.4 Å². The van der Waals surface area contributed by atoms with Crippen LogP contribution in [0.4, 0.5) is 21.9 Å². The van der Waals surface area contributed by atoms with Crippen LogP contribution in [0.1, 0.15) is 40.9 Å². The number of aliphatic hydroxyl groups is 1. The van der Waals surface area contributed by atoms with Crippen molar-refractivity contribution in [2.24, 2.45) is 0 Å². The molecule has 188 valence electrons. The van der Waals surface area contributed by atoms with Gasteiger partial charge in [0.05, 0.1) is 23.2 Å². The number of hydrogen-bond acceptors (Lipinski definition) is 5. The second kappa shape index (κ2) is 9.53. The number of aryl methyl sites for hydroxylation is 1. The van der Waals surface area contributed by atoms with Gasteiger partial charge in [-0.3, -0.25) is 9.69 Å². The highest BCUT2D eigenvalue weighted by atomic mass is 32.1. The first-order valence-electron chi connectivity index (χ1n) is 12.5. The SMILES string of the molecule is Cc1cc(Oc2ccccc2)ccc1N1C(=O)Nc2c(C(=O)NC3CCC(O)CC3)sc3cccc1c23. The molecular formula is C29H27N3O4S. The minimum Gasteiger partial charge on any atom is -0.457 e. The number of benzene rings is 3. The molecule has 0 unspecified atom stereocenters. The van der Waals surface area contributed by atoms with Crippen LogP contribution in [-0.2, 0) is 0 Å². The monoisotopic (exact) mass is 513 g/mol. The van der Waals surface area contributed by atoms with E-state index >= 15 is 0 Å². The molecule has 1 fully saturated rings. The Morgan fingerprint density at radius 2 is 1.78 bits per heavy atom. The van der Waals surface area contributed by atoms with Gasteiger partial charge in [0.2, 0.25) is 0 Å². The molecule has 8 heteroatoms. The van der Waals surface area contributed by atoms with E-state index < -0.39 is 0 Å². The number of rotatable bonds is 5. The van der Waals surface area contributed by atoms with Crippen molar-refractivity contribution in [2.75, 3.05) is 10.2 Å². The van der Waals surface area contributed by atoms with Gasteiger partial charge in [-0.2, -0.15) is 0 Å². The van der Waals surface area contributed by atoms with Gasteiger partial charge in [-0.05, 0) is 80.6 Å². The highest BCUT2D eigenvalue weighted by Gasteiger charge is 2.33. The Labute approximate surface area is 218 Å². The van der Waals surface area contributed by atoms with E-state index in [0.29, 0.717) is 29.2 Å². The Morgan fingerprint density at radius 3 is 2.54 bits per heavy atom. The molecule has 1 saturated carbocycles. The Hall–Kier alpha value is -3.88. The zero-order chi connectivity index (χ0) is 25.5. The molecule has 37 heavy (non-hydrogen) atoms. The summed E-state index contributed by atoms with van der Waals surface area (Å²) < 4.78 is 6.90. The van der Waals surface area contributed by atoms with Crippen LogP contribution in [0, 0.1) is 6.92 Å². The van der Waals surface area contributed by atoms with Gasteiger partial charge in [-0.15, -0.1) is 11.3 Å². The number of carbonyl (C=O) groups excluding carboxylic acids is 2. The van der Waals surface area contributed by atoms with Crippen molar-refractivity contribution in [1.29, 1.82) is 0 Å². The Kier molecular flexibility index (Phi) is 6.06. The van der Waals surface area contributed by atoms with Crippen LogP contribution in [0.3, 0.4) is 0 Å². The lowest BCUT2D eigenvalue weighted by Gasteiger charge is -2.30. The lowest BCUT2D eigenvalue weighted by atomic mass is 9.93. The minimum atomic E-state index is -0.312. The molecule has 1 aliphatic heterocycles. The maximum absolute atomic E-state index is 13.5. The number of thiophene rings is 1. The van der Waals surface area contributed by atoms with E-state index in [4.69, 9.17) is 4.74 Å². The van der Waals surface area contributed by atoms with E-state index in [9.17, 15) is 14.7 Å². The first-order valence-corrected chi connectivity index (χ1v) is 13.3. The summed E-state index contributed by atoms with van der Waals surface area (Å²) in [6, 6.07) is 20.7. The van der Waals surface area contributed by atoms with Gasteiger partial charge in [0.25, 0.3) is 5.91 Å². The van der Waals surface area contributed by atoms with E-state index in [1.807, 2.05) is 73.7 Å². The van der Waals surface area contributed by atoms with Gasteiger partial charge in [0.1, 0.15) is 16.4 Å². The summed E-state index contributed by atoms with van der Waals surface area (Å²) in [5.41, 5.74) is 2.93. The molecule has 0 spiro atoms. The predicted octanol–water partition coefficient (Wildman–Crippen LogP) is 6.72. The number of urea groups is 1. The summed E-state index contributed by atoms with van der Waals surface area (Å²) in [6.07, 6.45) is 2.60. The van der Waals surface area contributed by atoms with Crippen molar-refractivity contribution in [2.45, 2.75) is 44.8 Å². The van der Waals surface area contributed by atoms with Gasteiger partial charge >= 0.3 is 6.03 Å². The highest BCUT2D eigenvalue weighted by molar-refractivity contribution is 7.21. The fraction of sp³-hybridized carbons (Fsp3) is 0.241. The van der Waals surface area contributed by atoms with Crippen molar-refractivity contribution in [3.8, 4) is 11.5 Å². The number of ether oxygens (including phenoxy) is 1. The molecule has 0 atom stereocenters. The number of amides is 3. The van der Waals surface area contributed by atoms with Crippen LogP contribution in [0.25, 0.3) is 10.1 Å². The molecule has 0 saturated heterocycles. The van der Waals surface area contributed by atoms with Crippen LogP contribution in [-0.4, -0.2) is 29.2 Å². The number of nitrogens with one attached hydrogen (secondary N) is 2. The maximum atomic E-state index is 13.5. The van der Waals surface area contributed by atoms with Crippen molar-refractivity contribution in [3.05, 3.63) is 77.2 Å². The average Bonchev–Trinajstić information content (AvgIpc) is 3.27. The summed E-state index contributed by atoms with van der Waals surface area (Å²) in [7, 11) is 0. The average molecular weight is 514 g/mol. The Bertz CT molecular complexity index is 1490. The normalized spacial score (nSPS) is 19.0. The fourth-order valence-electron chi connectivity index (χ4n) is 5.15. The van der Waals surface area contributed by atoms with Gasteiger partial charge < -0.3 is 20.5 Å². The zero-order valence-electron chi connectivity index (χ0n) is 20.4. The summed E-state index contributed by atoms with van der Waals surface area (Å²) in [4.78, 5) is 28.9. The summed E-state index contributed by atoms with van der Waals surface area (Å²) in [5, 5.41) is 16.7. The number of carbonyl (C=O) groups is 2. The van der Waals surface area contributed by atoms with Crippen molar-refractivity contribution in [3.63, 3.8) is 0 Å². The molecule has 7 nitrogen and oxygen atoms in total.